The first-order valence-corrected chi connectivity index (χ1v) is 6.78. The van der Waals surface area contributed by atoms with E-state index in [4.69, 9.17) is 14.2 Å². The number of carbonyl (C=O) groups excluding carboxylic acids is 1. The smallest absolute Gasteiger partial charge is 0.304 e. The summed E-state index contributed by atoms with van der Waals surface area (Å²) in [5.74, 6) is 0.626. The molecule has 4 nitrogen and oxygen atoms in total. The first-order chi connectivity index (χ1) is 8.74. The molecule has 0 bridgehead atoms. The van der Waals surface area contributed by atoms with Crippen molar-refractivity contribution in [3.63, 3.8) is 0 Å². The van der Waals surface area contributed by atoms with E-state index in [-0.39, 0.29) is 12.8 Å². The SMILES string of the molecule is CCCCCOC(COCOC(C)=O)=C1CCC1. The van der Waals surface area contributed by atoms with E-state index in [9.17, 15) is 4.79 Å². The Hall–Kier alpha value is -1.03. The van der Waals surface area contributed by atoms with Crippen molar-refractivity contribution in [3.8, 4) is 0 Å². The molecule has 0 unspecified atom stereocenters. The highest BCUT2D eigenvalue weighted by Gasteiger charge is 2.16. The van der Waals surface area contributed by atoms with E-state index in [1.165, 1.54) is 31.8 Å². The minimum atomic E-state index is -0.322. The van der Waals surface area contributed by atoms with Gasteiger partial charge >= 0.3 is 5.97 Å². The molecule has 0 heterocycles. The lowest BCUT2D eigenvalue weighted by Gasteiger charge is -2.22. The average Bonchev–Trinajstić information content (AvgIpc) is 2.27. The van der Waals surface area contributed by atoms with Crippen molar-refractivity contribution >= 4 is 5.97 Å². The third-order valence-electron chi connectivity index (χ3n) is 2.95. The molecule has 0 amide bonds. The molecule has 0 spiro atoms. The van der Waals surface area contributed by atoms with Gasteiger partial charge in [0, 0.05) is 6.92 Å². The number of ether oxygens (including phenoxy) is 3. The summed E-state index contributed by atoms with van der Waals surface area (Å²) in [4.78, 5) is 10.6. The Bertz CT molecular complexity index is 278. The average molecular weight is 256 g/mol. The molecule has 18 heavy (non-hydrogen) atoms. The van der Waals surface area contributed by atoms with Crippen LogP contribution in [-0.2, 0) is 19.0 Å². The lowest BCUT2D eigenvalue weighted by Crippen LogP contribution is -2.13. The number of hydrogen-bond donors (Lipinski definition) is 0. The van der Waals surface area contributed by atoms with Gasteiger partial charge < -0.3 is 14.2 Å². The summed E-state index contributed by atoms with van der Waals surface area (Å²) in [6.07, 6.45) is 6.92. The molecule has 1 saturated carbocycles. The molecular weight excluding hydrogens is 232 g/mol. The van der Waals surface area contributed by atoms with E-state index in [0.29, 0.717) is 6.61 Å². The van der Waals surface area contributed by atoms with Gasteiger partial charge in [0.2, 0.25) is 0 Å². The molecule has 0 saturated heterocycles. The van der Waals surface area contributed by atoms with Crippen molar-refractivity contribution in [1.82, 2.24) is 0 Å². The maximum atomic E-state index is 10.6. The van der Waals surface area contributed by atoms with Crippen LogP contribution in [0, 0.1) is 0 Å². The number of allylic oxidation sites excluding steroid dienone is 1. The number of carbonyl (C=O) groups is 1. The molecular formula is C14H24O4. The van der Waals surface area contributed by atoms with Crippen LogP contribution >= 0.6 is 0 Å². The largest absolute Gasteiger partial charge is 0.496 e. The van der Waals surface area contributed by atoms with Gasteiger partial charge in [0.25, 0.3) is 0 Å². The Morgan fingerprint density at radius 3 is 2.56 bits per heavy atom. The highest BCUT2D eigenvalue weighted by molar-refractivity contribution is 5.65. The van der Waals surface area contributed by atoms with E-state index in [1.54, 1.807) is 0 Å². The monoisotopic (exact) mass is 256 g/mol. The zero-order valence-electron chi connectivity index (χ0n) is 11.5. The second-order valence-corrected chi connectivity index (χ2v) is 4.54. The fourth-order valence-electron chi connectivity index (χ4n) is 1.68. The molecule has 0 radical (unpaired) electrons. The van der Waals surface area contributed by atoms with Crippen molar-refractivity contribution < 1.29 is 19.0 Å². The lowest BCUT2D eigenvalue weighted by atomic mass is 9.91. The minimum Gasteiger partial charge on any atom is -0.496 e. The lowest BCUT2D eigenvalue weighted by molar-refractivity contribution is -0.153. The topological polar surface area (TPSA) is 44.8 Å². The second kappa shape index (κ2) is 8.97. The summed E-state index contributed by atoms with van der Waals surface area (Å²) in [5, 5.41) is 0. The Morgan fingerprint density at radius 1 is 1.22 bits per heavy atom. The molecule has 0 aromatic heterocycles. The molecule has 0 aliphatic heterocycles. The molecule has 104 valence electrons. The van der Waals surface area contributed by atoms with Crippen molar-refractivity contribution in [1.29, 1.82) is 0 Å². The Labute approximate surface area is 109 Å². The summed E-state index contributed by atoms with van der Waals surface area (Å²) in [5.41, 5.74) is 1.36. The normalized spacial score (nSPS) is 14.0. The van der Waals surface area contributed by atoms with Gasteiger partial charge in [0.15, 0.2) is 6.79 Å². The van der Waals surface area contributed by atoms with Crippen LogP contribution in [0.15, 0.2) is 11.3 Å². The first-order valence-electron chi connectivity index (χ1n) is 6.78. The van der Waals surface area contributed by atoms with E-state index in [2.05, 4.69) is 6.92 Å². The van der Waals surface area contributed by atoms with Crippen molar-refractivity contribution in [2.75, 3.05) is 20.0 Å². The maximum absolute atomic E-state index is 10.6. The van der Waals surface area contributed by atoms with Crippen LogP contribution in [0.25, 0.3) is 0 Å². The Morgan fingerprint density at radius 2 is 2.00 bits per heavy atom. The van der Waals surface area contributed by atoms with Crippen molar-refractivity contribution in [2.45, 2.75) is 52.4 Å². The van der Waals surface area contributed by atoms with E-state index in [0.717, 1.165) is 31.6 Å². The fraction of sp³-hybridized carbons (Fsp3) is 0.786. The number of rotatable bonds is 9. The maximum Gasteiger partial charge on any atom is 0.304 e. The van der Waals surface area contributed by atoms with Gasteiger partial charge in [-0.3, -0.25) is 4.79 Å². The van der Waals surface area contributed by atoms with Crippen LogP contribution in [-0.4, -0.2) is 26.0 Å². The highest BCUT2D eigenvalue weighted by Crippen LogP contribution is 2.29. The van der Waals surface area contributed by atoms with E-state index >= 15 is 0 Å². The Balaban J connectivity index is 2.22. The summed E-state index contributed by atoms with van der Waals surface area (Å²) in [6, 6.07) is 0. The molecule has 1 fully saturated rings. The van der Waals surface area contributed by atoms with Gasteiger partial charge in [-0.25, -0.2) is 0 Å². The summed E-state index contributed by atoms with van der Waals surface area (Å²) in [7, 11) is 0. The summed E-state index contributed by atoms with van der Waals surface area (Å²) in [6.45, 7) is 4.71. The summed E-state index contributed by atoms with van der Waals surface area (Å²) < 4.78 is 15.8. The van der Waals surface area contributed by atoms with Crippen LogP contribution in [0.4, 0.5) is 0 Å². The third kappa shape index (κ3) is 6.05. The molecule has 0 aromatic rings. The van der Waals surface area contributed by atoms with Gasteiger partial charge in [-0.15, -0.1) is 0 Å². The quantitative estimate of drug-likeness (QED) is 0.275. The van der Waals surface area contributed by atoms with Gasteiger partial charge in [-0.05, 0) is 31.3 Å². The molecule has 0 N–H and O–H groups in total. The molecule has 0 atom stereocenters. The number of unbranched alkanes of at least 4 members (excludes halogenated alkanes) is 2. The molecule has 0 aromatic carbocycles. The standard InChI is InChI=1S/C14H24O4/c1-3-4-5-9-17-14(13-7-6-8-13)10-16-11-18-12(2)15/h3-11H2,1-2H3. The van der Waals surface area contributed by atoms with E-state index < -0.39 is 0 Å². The van der Waals surface area contributed by atoms with Gasteiger partial charge in [-0.2, -0.15) is 0 Å². The second-order valence-electron chi connectivity index (χ2n) is 4.54. The molecule has 4 heteroatoms. The highest BCUT2D eigenvalue weighted by atomic mass is 16.7. The minimum absolute atomic E-state index is 0.00440. The Kier molecular flexibility index (Phi) is 7.49. The fourth-order valence-corrected chi connectivity index (χ4v) is 1.68. The predicted octanol–water partition coefficient (Wildman–Crippen LogP) is 3.17. The molecule has 1 aliphatic rings. The van der Waals surface area contributed by atoms with Crippen LogP contribution in [0.1, 0.15) is 52.4 Å². The van der Waals surface area contributed by atoms with Gasteiger partial charge in [0.1, 0.15) is 12.4 Å². The number of esters is 1. The zero-order valence-corrected chi connectivity index (χ0v) is 11.5. The van der Waals surface area contributed by atoms with Crippen molar-refractivity contribution in [3.05, 3.63) is 11.3 Å². The zero-order chi connectivity index (χ0) is 13.2. The predicted molar refractivity (Wildman–Crippen MR) is 68.9 cm³/mol. The van der Waals surface area contributed by atoms with Gasteiger partial charge in [0.05, 0.1) is 6.61 Å². The van der Waals surface area contributed by atoms with Crippen LogP contribution < -0.4 is 0 Å². The van der Waals surface area contributed by atoms with Crippen LogP contribution in [0.2, 0.25) is 0 Å². The van der Waals surface area contributed by atoms with Crippen LogP contribution in [0.5, 0.6) is 0 Å². The summed E-state index contributed by atoms with van der Waals surface area (Å²) >= 11 is 0. The van der Waals surface area contributed by atoms with Crippen LogP contribution in [0.3, 0.4) is 0 Å². The third-order valence-corrected chi connectivity index (χ3v) is 2.95. The molecule has 1 aliphatic carbocycles. The van der Waals surface area contributed by atoms with Gasteiger partial charge in [-0.1, -0.05) is 19.8 Å². The van der Waals surface area contributed by atoms with Crippen molar-refractivity contribution in [2.24, 2.45) is 0 Å². The molecule has 1 rings (SSSR count). The van der Waals surface area contributed by atoms with E-state index in [1.807, 2.05) is 0 Å². The number of hydrogen-bond acceptors (Lipinski definition) is 4. The first kappa shape index (κ1) is 15.0.